The number of rotatable bonds is 5. The number of hydrazine groups is 1. The van der Waals surface area contributed by atoms with E-state index in [1.807, 2.05) is 31.3 Å². The van der Waals surface area contributed by atoms with E-state index in [2.05, 4.69) is 10.5 Å². The monoisotopic (exact) mass is 280 g/mol. The molecule has 0 aliphatic heterocycles. The minimum absolute atomic E-state index is 0.0800. The van der Waals surface area contributed by atoms with Crippen LogP contribution in [0, 0.1) is 0 Å². The predicted octanol–water partition coefficient (Wildman–Crippen LogP) is 1.83. The van der Waals surface area contributed by atoms with Gasteiger partial charge in [-0.2, -0.15) is 5.10 Å². The summed E-state index contributed by atoms with van der Waals surface area (Å²) < 4.78 is 7.07. The number of aromatic nitrogens is 2. The Hall–Kier alpha value is -1.56. The van der Waals surface area contributed by atoms with Gasteiger partial charge in [-0.25, -0.2) is 0 Å². The third kappa shape index (κ3) is 3.07. The van der Waals surface area contributed by atoms with Gasteiger partial charge in [-0.1, -0.05) is 23.7 Å². The van der Waals surface area contributed by atoms with Gasteiger partial charge in [-0.05, 0) is 24.1 Å². The van der Waals surface area contributed by atoms with Crippen molar-refractivity contribution in [1.82, 2.24) is 15.2 Å². The third-order valence-electron chi connectivity index (χ3n) is 3.05. The summed E-state index contributed by atoms with van der Waals surface area (Å²) in [5.74, 6) is 6.38. The highest BCUT2D eigenvalue weighted by molar-refractivity contribution is 6.30. The van der Waals surface area contributed by atoms with Crippen molar-refractivity contribution in [3.05, 3.63) is 46.7 Å². The van der Waals surface area contributed by atoms with Crippen LogP contribution < -0.4 is 16.0 Å². The van der Waals surface area contributed by atoms with E-state index in [9.17, 15) is 0 Å². The normalized spacial score (nSPS) is 12.4. The Morgan fingerprint density at radius 3 is 2.68 bits per heavy atom. The fraction of sp³-hybridized carbons (Fsp3) is 0.308. The van der Waals surface area contributed by atoms with Crippen LogP contribution in [0.25, 0.3) is 0 Å². The van der Waals surface area contributed by atoms with Gasteiger partial charge in [0.1, 0.15) is 0 Å². The second kappa shape index (κ2) is 6.06. The molecule has 0 aliphatic carbocycles. The molecule has 3 N–H and O–H groups in total. The minimum Gasteiger partial charge on any atom is -0.493 e. The summed E-state index contributed by atoms with van der Waals surface area (Å²) >= 11 is 5.88. The first-order valence-electron chi connectivity index (χ1n) is 5.92. The van der Waals surface area contributed by atoms with Crippen LogP contribution in [0.5, 0.6) is 5.75 Å². The van der Waals surface area contributed by atoms with Crippen LogP contribution in [-0.4, -0.2) is 16.9 Å². The molecule has 1 heterocycles. The van der Waals surface area contributed by atoms with Crippen LogP contribution >= 0.6 is 11.6 Å². The molecule has 0 amide bonds. The Morgan fingerprint density at radius 2 is 2.11 bits per heavy atom. The second-order valence-corrected chi connectivity index (χ2v) is 4.71. The third-order valence-corrected chi connectivity index (χ3v) is 3.31. The van der Waals surface area contributed by atoms with E-state index in [4.69, 9.17) is 22.2 Å². The van der Waals surface area contributed by atoms with Crippen molar-refractivity contribution in [3.8, 4) is 5.75 Å². The molecule has 1 unspecified atom stereocenters. The maximum Gasteiger partial charge on any atom is 0.161 e. The smallest absolute Gasteiger partial charge is 0.161 e. The van der Waals surface area contributed by atoms with Crippen molar-refractivity contribution >= 4 is 11.6 Å². The van der Waals surface area contributed by atoms with E-state index in [0.29, 0.717) is 0 Å². The summed E-state index contributed by atoms with van der Waals surface area (Å²) in [6.45, 7) is 0. The number of nitrogens with zero attached hydrogens (tertiary/aromatic N) is 2. The first kappa shape index (κ1) is 13.9. The van der Waals surface area contributed by atoms with Gasteiger partial charge in [-0.15, -0.1) is 0 Å². The zero-order chi connectivity index (χ0) is 13.8. The zero-order valence-corrected chi connectivity index (χ0v) is 11.7. The van der Waals surface area contributed by atoms with Crippen LogP contribution in [0.3, 0.4) is 0 Å². The van der Waals surface area contributed by atoms with Gasteiger partial charge >= 0.3 is 0 Å². The Morgan fingerprint density at radius 1 is 1.42 bits per heavy atom. The summed E-state index contributed by atoms with van der Waals surface area (Å²) in [5, 5.41) is 4.91. The van der Waals surface area contributed by atoms with Crippen LogP contribution in [0.2, 0.25) is 5.02 Å². The number of ether oxygens (including phenoxy) is 1. The fourth-order valence-corrected chi connectivity index (χ4v) is 2.20. The molecular formula is C13H17ClN4O. The topological polar surface area (TPSA) is 65.1 Å². The van der Waals surface area contributed by atoms with Crippen molar-refractivity contribution in [1.29, 1.82) is 0 Å². The molecule has 0 saturated carbocycles. The highest BCUT2D eigenvalue weighted by atomic mass is 35.5. The molecule has 0 fully saturated rings. The van der Waals surface area contributed by atoms with Crippen molar-refractivity contribution in [2.45, 2.75) is 12.5 Å². The Kier molecular flexibility index (Phi) is 4.42. The number of hydrogen-bond donors (Lipinski definition) is 2. The number of benzene rings is 1. The van der Waals surface area contributed by atoms with E-state index in [1.165, 1.54) is 0 Å². The molecule has 0 bridgehead atoms. The number of halogens is 1. The quantitative estimate of drug-likeness (QED) is 0.648. The first-order chi connectivity index (χ1) is 9.15. The van der Waals surface area contributed by atoms with Crippen LogP contribution in [-0.2, 0) is 13.5 Å². The van der Waals surface area contributed by atoms with Gasteiger partial charge in [0.05, 0.1) is 25.0 Å². The number of methoxy groups -OCH3 is 1. The summed E-state index contributed by atoms with van der Waals surface area (Å²) in [5.41, 5.74) is 4.86. The molecule has 0 spiro atoms. The van der Waals surface area contributed by atoms with Crippen molar-refractivity contribution in [2.24, 2.45) is 12.9 Å². The van der Waals surface area contributed by atoms with Crippen LogP contribution in [0.15, 0.2) is 30.5 Å². The fourth-order valence-electron chi connectivity index (χ4n) is 2.07. The number of aryl methyl sites for hydroxylation is 1. The summed E-state index contributed by atoms with van der Waals surface area (Å²) in [6.07, 6.45) is 2.41. The molecule has 6 heteroatoms. The molecule has 0 saturated heterocycles. The van der Waals surface area contributed by atoms with Gasteiger partial charge in [0.25, 0.3) is 0 Å². The highest BCUT2D eigenvalue weighted by Crippen LogP contribution is 2.26. The highest BCUT2D eigenvalue weighted by Gasteiger charge is 2.19. The van der Waals surface area contributed by atoms with Crippen LogP contribution in [0.1, 0.15) is 17.3 Å². The lowest BCUT2D eigenvalue weighted by molar-refractivity contribution is 0.394. The van der Waals surface area contributed by atoms with Crippen molar-refractivity contribution in [3.63, 3.8) is 0 Å². The van der Waals surface area contributed by atoms with Crippen molar-refractivity contribution in [2.75, 3.05) is 7.11 Å². The van der Waals surface area contributed by atoms with Crippen molar-refractivity contribution < 1.29 is 4.74 Å². The predicted molar refractivity (Wildman–Crippen MR) is 75.0 cm³/mol. The minimum atomic E-state index is -0.0800. The van der Waals surface area contributed by atoms with Gasteiger partial charge in [0.2, 0.25) is 0 Å². The zero-order valence-electron chi connectivity index (χ0n) is 10.9. The van der Waals surface area contributed by atoms with Gasteiger partial charge in [0.15, 0.2) is 5.75 Å². The maximum absolute atomic E-state index is 5.88. The summed E-state index contributed by atoms with van der Waals surface area (Å²) in [6, 6.07) is 7.62. The molecule has 0 aliphatic rings. The standard InChI is InChI=1S/C13H17ClN4O/c1-18-13(12(19-2)8-16-18)11(17-15)7-9-3-5-10(14)6-4-9/h3-6,8,11,17H,7,15H2,1-2H3. The molecule has 2 rings (SSSR count). The molecule has 19 heavy (non-hydrogen) atoms. The van der Waals surface area contributed by atoms with E-state index < -0.39 is 0 Å². The molecule has 1 atom stereocenters. The van der Waals surface area contributed by atoms with Gasteiger partial charge in [0, 0.05) is 12.1 Å². The molecule has 0 radical (unpaired) electrons. The second-order valence-electron chi connectivity index (χ2n) is 4.27. The van der Waals surface area contributed by atoms with Gasteiger partial charge in [-0.3, -0.25) is 16.0 Å². The van der Waals surface area contributed by atoms with Gasteiger partial charge < -0.3 is 4.74 Å². The average Bonchev–Trinajstić information content (AvgIpc) is 2.79. The Balaban J connectivity index is 2.24. The molecule has 102 valence electrons. The van der Waals surface area contributed by atoms with E-state index in [-0.39, 0.29) is 6.04 Å². The number of hydrogen-bond acceptors (Lipinski definition) is 4. The van der Waals surface area contributed by atoms with Crippen LogP contribution in [0.4, 0.5) is 0 Å². The first-order valence-corrected chi connectivity index (χ1v) is 6.30. The number of nitrogens with one attached hydrogen (secondary N) is 1. The Labute approximate surface area is 117 Å². The van der Waals surface area contributed by atoms with E-state index >= 15 is 0 Å². The lowest BCUT2D eigenvalue weighted by Gasteiger charge is -2.17. The summed E-state index contributed by atoms with van der Waals surface area (Å²) in [7, 11) is 3.49. The largest absolute Gasteiger partial charge is 0.493 e. The van der Waals surface area contributed by atoms with E-state index in [1.54, 1.807) is 18.0 Å². The number of nitrogens with two attached hydrogens (primary N) is 1. The molecule has 1 aromatic carbocycles. The lowest BCUT2D eigenvalue weighted by atomic mass is 10.0. The molecule has 1 aromatic heterocycles. The Bertz CT molecular complexity index is 538. The molecule has 2 aromatic rings. The summed E-state index contributed by atoms with van der Waals surface area (Å²) in [4.78, 5) is 0. The lowest BCUT2D eigenvalue weighted by Crippen LogP contribution is -2.31. The average molecular weight is 281 g/mol. The SMILES string of the molecule is COc1cnn(C)c1C(Cc1ccc(Cl)cc1)NN. The molecular weight excluding hydrogens is 264 g/mol. The van der Waals surface area contributed by atoms with E-state index in [0.717, 1.165) is 28.5 Å². The maximum atomic E-state index is 5.88. The molecule has 5 nitrogen and oxygen atoms in total.